The van der Waals surface area contributed by atoms with Crippen molar-refractivity contribution in [2.75, 3.05) is 31.0 Å². The van der Waals surface area contributed by atoms with Gasteiger partial charge < -0.3 is 14.7 Å². The molecule has 0 aliphatic carbocycles. The molecular formula is C27H25ClN2O4. The van der Waals surface area contributed by atoms with E-state index in [4.69, 9.17) is 16.3 Å². The van der Waals surface area contributed by atoms with Crippen LogP contribution in [0.4, 0.5) is 11.4 Å². The number of carbonyl (C=O) groups excluding carboxylic acids is 2. The number of hydrogen-bond acceptors (Lipinski definition) is 5. The minimum absolute atomic E-state index is 0.0234. The number of ketones is 1. The van der Waals surface area contributed by atoms with E-state index in [0.29, 0.717) is 22.0 Å². The monoisotopic (exact) mass is 476 g/mol. The van der Waals surface area contributed by atoms with Gasteiger partial charge in [0.2, 0.25) is 0 Å². The lowest BCUT2D eigenvalue weighted by Crippen LogP contribution is -2.29. The third-order valence-electron chi connectivity index (χ3n) is 5.87. The first-order chi connectivity index (χ1) is 16.2. The van der Waals surface area contributed by atoms with E-state index >= 15 is 0 Å². The molecule has 1 aliphatic heterocycles. The van der Waals surface area contributed by atoms with E-state index in [1.165, 1.54) is 18.1 Å². The molecule has 7 heteroatoms. The summed E-state index contributed by atoms with van der Waals surface area (Å²) in [6, 6.07) is 18.8. The number of Topliss-reactive ketones (excluding diaryl/α,β-unsaturated/α-hetero) is 1. The summed E-state index contributed by atoms with van der Waals surface area (Å²) in [4.78, 5) is 30.0. The molecule has 6 nitrogen and oxygen atoms in total. The van der Waals surface area contributed by atoms with Crippen LogP contribution in [0.3, 0.4) is 0 Å². The topological polar surface area (TPSA) is 70.1 Å². The van der Waals surface area contributed by atoms with Gasteiger partial charge in [0.05, 0.1) is 24.3 Å². The van der Waals surface area contributed by atoms with Gasteiger partial charge >= 0.3 is 0 Å². The summed E-state index contributed by atoms with van der Waals surface area (Å²) in [6.45, 7) is 1.91. The minimum Gasteiger partial charge on any atom is -0.507 e. The number of amides is 1. The number of ether oxygens (including phenoxy) is 1. The van der Waals surface area contributed by atoms with Crippen LogP contribution in [0.1, 0.15) is 22.7 Å². The minimum atomic E-state index is -0.832. The Hall–Kier alpha value is -3.77. The molecule has 1 fully saturated rings. The second-order valence-corrected chi connectivity index (χ2v) is 8.78. The SMILES string of the molecule is COc1ccc(Cl)cc1/C(O)=C1\C(=O)C(=O)N(c2cccc(C)c2)C1c1ccc(N(C)C)cc1. The second kappa shape index (κ2) is 9.23. The maximum Gasteiger partial charge on any atom is 0.300 e. The number of carbonyl (C=O) groups is 2. The Morgan fingerprint density at radius 2 is 1.74 bits per heavy atom. The van der Waals surface area contributed by atoms with Crippen LogP contribution in [0.25, 0.3) is 5.76 Å². The second-order valence-electron chi connectivity index (χ2n) is 8.34. The summed E-state index contributed by atoms with van der Waals surface area (Å²) >= 11 is 6.18. The molecule has 4 rings (SSSR count). The number of benzene rings is 3. The van der Waals surface area contributed by atoms with Gasteiger partial charge in [-0.1, -0.05) is 35.9 Å². The first-order valence-corrected chi connectivity index (χ1v) is 11.1. The average molecular weight is 477 g/mol. The van der Waals surface area contributed by atoms with Crippen LogP contribution in [0.15, 0.2) is 72.3 Å². The van der Waals surface area contributed by atoms with Crippen molar-refractivity contribution in [1.82, 2.24) is 0 Å². The first kappa shape index (κ1) is 23.4. The fourth-order valence-electron chi connectivity index (χ4n) is 4.16. The van der Waals surface area contributed by atoms with Crippen molar-refractivity contribution in [2.45, 2.75) is 13.0 Å². The highest BCUT2D eigenvalue weighted by atomic mass is 35.5. The predicted molar refractivity (Wildman–Crippen MR) is 135 cm³/mol. The van der Waals surface area contributed by atoms with E-state index in [1.54, 1.807) is 18.2 Å². The number of methoxy groups -OCH3 is 1. The highest BCUT2D eigenvalue weighted by Gasteiger charge is 2.47. The summed E-state index contributed by atoms with van der Waals surface area (Å²) in [5, 5.41) is 11.7. The molecule has 1 aliphatic rings. The van der Waals surface area contributed by atoms with Crippen LogP contribution in [0.5, 0.6) is 5.75 Å². The quantitative estimate of drug-likeness (QED) is 0.305. The Morgan fingerprint density at radius 1 is 1.03 bits per heavy atom. The number of hydrogen-bond donors (Lipinski definition) is 1. The lowest BCUT2D eigenvalue weighted by molar-refractivity contribution is -0.132. The summed E-state index contributed by atoms with van der Waals surface area (Å²) in [5.41, 5.74) is 3.39. The van der Waals surface area contributed by atoms with Gasteiger partial charge in [0.15, 0.2) is 0 Å². The maximum absolute atomic E-state index is 13.3. The number of nitrogens with zero attached hydrogens (tertiary/aromatic N) is 2. The van der Waals surface area contributed by atoms with Gasteiger partial charge in [0.1, 0.15) is 11.5 Å². The maximum atomic E-state index is 13.3. The number of anilines is 2. The molecule has 0 radical (unpaired) electrons. The van der Waals surface area contributed by atoms with E-state index in [1.807, 2.05) is 68.4 Å². The molecule has 3 aromatic carbocycles. The van der Waals surface area contributed by atoms with Crippen LogP contribution in [0.2, 0.25) is 5.02 Å². The van der Waals surface area contributed by atoms with Gasteiger partial charge in [0, 0.05) is 30.5 Å². The van der Waals surface area contributed by atoms with E-state index in [2.05, 4.69) is 0 Å². The largest absolute Gasteiger partial charge is 0.507 e. The fourth-order valence-corrected chi connectivity index (χ4v) is 4.33. The average Bonchev–Trinajstić information content (AvgIpc) is 3.09. The highest BCUT2D eigenvalue weighted by molar-refractivity contribution is 6.51. The van der Waals surface area contributed by atoms with Crippen molar-refractivity contribution in [2.24, 2.45) is 0 Å². The fraction of sp³-hybridized carbons (Fsp3) is 0.185. The van der Waals surface area contributed by atoms with E-state index < -0.39 is 17.7 Å². The van der Waals surface area contributed by atoms with Crippen molar-refractivity contribution < 1.29 is 19.4 Å². The van der Waals surface area contributed by atoms with Crippen LogP contribution in [-0.4, -0.2) is 38.0 Å². The van der Waals surface area contributed by atoms with Crippen LogP contribution < -0.4 is 14.5 Å². The Balaban J connectivity index is 1.97. The number of aliphatic hydroxyl groups excluding tert-OH is 1. The van der Waals surface area contributed by atoms with Crippen LogP contribution in [0, 0.1) is 6.92 Å². The molecule has 1 amide bonds. The molecular weight excluding hydrogens is 452 g/mol. The number of aliphatic hydroxyl groups is 1. The van der Waals surface area contributed by atoms with Gasteiger partial charge in [-0.25, -0.2) is 0 Å². The molecule has 0 bridgehead atoms. The van der Waals surface area contributed by atoms with Gasteiger partial charge in [-0.15, -0.1) is 0 Å². The van der Waals surface area contributed by atoms with Crippen LogP contribution in [-0.2, 0) is 9.59 Å². The third kappa shape index (κ3) is 4.13. The summed E-state index contributed by atoms with van der Waals surface area (Å²) in [5.74, 6) is -1.49. The predicted octanol–water partition coefficient (Wildman–Crippen LogP) is 5.35. The summed E-state index contributed by atoms with van der Waals surface area (Å²) in [7, 11) is 5.32. The smallest absolute Gasteiger partial charge is 0.300 e. The summed E-state index contributed by atoms with van der Waals surface area (Å²) in [6.07, 6.45) is 0. The molecule has 1 atom stereocenters. The highest BCUT2D eigenvalue weighted by Crippen LogP contribution is 2.44. The first-order valence-electron chi connectivity index (χ1n) is 10.7. The molecule has 1 N–H and O–H groups in total. The standard InChI is InChI=1S/C27H25ClN2O4/c1-16-6-5-7-20(14-16)30-24(17-8-11-19(12-9-17)29(2)3)23(26(32)27(30)33)25(31)21-15-18(28)10-13-22(21)34-4/h5-15,24,31H,1-4H3/b25-23+. The summed E-state index contributed by atoms with van der Waals surface area (Å²) < 4.78 is 5.39. The zero-order valence-corrected chi connectivity index (χ0v) is 20.1. The van der Waals surface area contributed by atoms with Crippen molar-refractivity contribution in [3.8, 4) is 5.75 Å². The van der Waals surface area contributed by atoms with Crippen LogP contribution >= 0.6 is 11.6 Å². The lowest BCUT2D eigenvalue weighted by atomic mass is 9.94. The van der Waals surface area contributed by atoms with Crippen molar-refractivity contribution in [3.63, 3.8) is 0 Å². The Kier molecular flexibility index (Phi) is 6.35. The third-order valence-corrected chi connectivity index (χ3v) is 6.10. The molecule has 0 aromatic heterocycles. The molecule has 34 heavy (non-hydrogen) atoms. The normalized spacial score (nSPS) is 17.2. The van der Waals surface area contributed by atoms with Crippen molar-refractivity contribution in [3.05, 3.63) is 94.0 Å². The molecule has 1 heterocycles. The van der Waals surface area contributed by atoms with Gasteiger partial charge in [0.25, 0.3) is 11.7 Å². The van der Waals surface area contributed by atoms with Gasteiger partial charge in [-0.3, -0.25) is 14.5 Å². The zero-order chi connectivity index (χ0) is 24.6. The number of halogens is 1. The lowest BCUT2D eigenvalue weighted by Gasteiger charge is -2.26. The molecule has 0 spiro atoms. The van der Waals surface area contributed by atoms with E-state index in [9.17, 15) is 14.7 Å². The molecule has 174 valence electrons. The van der Waals surface area contributed by atoms with Gasteiger partial charge in [-0.05, 0) is 60.5 Å². The Morgan fingerprint density at radius 3 is 2.35 bits per heavy atom. The molecule has 1 unspecified atom stereocenters. The Bertz CT molecular complexity index is 1300. The zero-order valence-electron chi connectivity index (χ0n) is 19.4. The Labute approximate surface area is 203 Å². The molecule has 3 aromatic rings. The van der Waals surface area contributed by atoms with E-state index in [0.717, 1.165) is 11.3 Å². The van der Waals surface area contributed by atoms with Gasteiger partial charge in [-0.2, -0.15) is 0 Å². The number of aryl methyl sites for hydroxylation is 1. The molecule has 1 saturated heterocycles. The molecule has 0 saturated carbocycles. The van der Waals surface area contributed by atoms with Crippen molar-refractivity contribution in [1.29, 1.82) is 0 Å². The number of rotatable bonds is 5. The van der Waals surface area contributed by atoms with Crippen molar-refractivity contribution >= 4 is 40.4 Å². The van der Waals surface area contributed by atoms with E-state index in [-0.39, 0.29) is 16.9 Å².